The molecule has 0 aliphatic rings. The minimum absolute atomic E-state index is 0.00617. The van der Waals surface area contributed by atoms with Gasteiger partial charge in [0, 0.05) is 0 Å². The molecule has 0 aliphatic heterocycles. The van der Waals surface area contributed by atoms with E-state index in [4.69, 9.17) is 9.84 Å². The van der Waals surface area contributed by atoms with E-state index in [1.165, 1.54) is 0 Å². The first-order valence-electron chi connectivity index (χ1n) is 5.75. The largest absolute Gasteiger partial charge is 0.457 e. The lowest BCUT2D eigenvalue weighted by Gasteiger charge is -2.21. The number of aliphatic hydroxyl groups is 1. The number of carbonyl (C=O) groups is 1. The second-order valence-corrected chi connectivity index (χ2v) is 5.20. The maximum atomic E-state index is 11.7. The van der Waals surface area contributed by atoms with E-state index in [1.54, 1.807) is 0 Å². The van der Waals surface area contributed by atoms with Gasteiger partial charge in [0.15, 0.2) is 0 Å². The third-order valence-corrected chi connectivity index (χ3v) is 2.50. The van der Waals surface area contributed by atoms with E-state index in [2.05, 4.69) is 0 Å². The van der Waals surface area contributed by atoms with Crippen molar-refractivity contribution in [2.24, 2.45) is 5.41 Å². The average molecular weight is 236 g/mol. The fraction of sp³-hybridized carbons (Fsp3) is 0.500. The van der Waals surface area contributed by atoms with Gasteiger partial charge in [-0.2, -0.15) is 0 Å². The van der Waals surface area contributed by atoms with E-state index >= 15 is 0 Å². The van der Waals surface area contributed by atoms with Crippen molar-refractivity contribution in [1.29, 1.82) is 0 Å². The highest BCUT2D eigenvalue weighted by Gasteiger charge is 2.25. The number of hydrogen-bond donors (Lipinski definition) is 1. The summed E-state index contributed by atoms with van der Waals surface area (Å²) < 4.78 is 5.38. The van der Waals surface area contributed by atoms with Crippen molar-refractivity contribution in [3.8, 4) is 0 Å². The van der Waals surface area contributed by atoms with Crippen molar-refractivity contribution in [2.45, 2.75) is 40.4 Å². The van der Waals surface area contributed by atoms with Crippen LogP contribution in [0, 0.1) is 5.41 Å². The molecule has 0 aromatic heterocycles. The molecule has 1 aromatic carbocycles. The summed E-state index contributed by atoms with van der Waals surface area (Å²) in [6, 6.07) is 7.42. The summed E-state index contributed by atoms with van der Waals surface area (Å²) in [5, 5.41) is 9.05. The lowest BCUT2D eigenvalue weighted by atomic mass is 9.97. The van der Waals surface area contributed by atoms with Crippen molar-refractivity contribution in [3.05, 3.63) is 35.4 Å². The maximum Gasteiger partial charge on any atom is 0.311 e. The first-order chi connectivity index (χ1) is 7.84. The van der Waals surface area contributed by atoms with Crippen LogP contribution in [-0.2, 0) is 16.1 Å². The zero-order valence-electron chi connectivity index (χ0n) is 10.9. The van der Waals surface area contributed by atoms with E-state index < -0.39 is 5.41 Å². The fourth-order valence-electron chi connectivity index (χ4n) is 1.35. The molecule has 0 bridgehead atoms. The monoisotopic (exact) mass is 236 g/mol. The van der Waals surface area contributed by atoms with E-state index in [1.807, 2.05) is 52.0 Å². The number of aliphatic hydroxyl groups excluding tert-OH is 1. The Hall–Kier alpha value is -1.35. The standard InChI is InChI=1S/C14H20O3/c1-10(17-13(16)14(2,3)4)12-7-5-6-11(8-12)9-15/h5-8,10,15H,9H2,1-4H3. The molecule has 94 valence electrons. The summed E-state index contributed by atoms with van der Waals surface area (Å²) in [5.74, 6) is -0.223. The van der Waals surface area contributed by atoms with Gasteiger partial charge in [-0.3, -0.25) is 4.79 Å². The number of rotatable bonds is 3. The van der Waals surface area contributed by atoms with Gasteiger partial charge in [0.05, 0.1) is 12.0 Å². The molecule has 0 saturated heterocycles. The Morgan fingerprint density at radius 3 is 2.59 bits per heavy atom. The van der Waals surface area contributed by atoms with Crippen molar-refractivity contribution >= 4 is 5.97 Å². The number of esters is 1. The zero-order valence-corrected chi connectivity index (χ0v) is 10.9. The Morgan fingerprint density at radius 2 is 2.06 bits per heavy atom. The third-order valence-electron chi connectivity index (χ3n) is 2.50. The highest BCUT2D eigenvalue weighted by atomic mass is 16.5. The molecule has 3 nitrogen and oxygen atoms in total. The first kappa shape index (κ1) is 13.7. The lowest BCUT2D eigenvalue weighted by Crippen LogP contribution is -2.24. The van der Waals surface area contributed by atoms with Gasteiger partial charge in [-0.25, -0.2) is 0 Å². The summed E-state index contributed by atoms with van der Waals surface area (Å²) in [6.45, 7) is 7.30. The van der Waals surface area contributed by atoms with Gasteiger partial charge in [-0.05, 0) is 44.9 Å². The minimum Gasteiger partial charge on any atom is -0.457 e. The molecule has 1 atom stereocenters. The Balaban J connectivity index is 2.76. The van der Waals surface area contributed by atoms with E-state index in [0.29, 0.717) is 0 Å². The van der Waals surface area contributed by atoms with Gasteiger partial charge in [0.1, 0.15) is 6.10 Å². The molecule has 0 aliphatic carbocycles. The molecule has 17 heavy (non-hydrogen) atoms. The number of ether oxygens (including phenoxy) is 1. The van der Waals surface area contributed by atoms with Crippen LogP contribution in [0.3, 0.4) is 0 Å². The second-order valence-electron chi connectivity index (χ2n) is 5.20. The van der Waals surface area contributed by atoms with Crippen LogP contribution in [0.25, 0.3) is 0 Å². The molecule has 1 aromatic rings. The summed E-state index contributed by atoms with van der Waals surface area (Å²) in [5.41, 5.74) is 1.22. The molecular formula is C14H20O3. The van der Waals surface area contributed by atoms with Gasteiger partial charge in [-0.15, -0.1) is 0 Å². The Morgan fingerprint density at radius 1 is 1.41 bits per heavy atom. The summed E-state index contributed by atoms with van der Waals surface area (Å²) >= 11 is 0. The van der Waals surface area contributed by atoms with Gasteiger partial charge in [0.25, 0.3) is 0 Å². The highest BCUT2D eigenvalue weighted by molar-refractivity contribution is 5.75. The van der Waals surface area contributed by atoms with E-state index in [-0.39, 0.29) is 18.7 Å². The normalized spacial score (nSPS) is 13.2. The van der Waals surface area contributed by atoms with Crippen LogP contribution >= 0.6 is 0 Å². The van der Waals surface area contributed by atoms with E-state index in [0.717, 1.165) is 11.1 Å². The summed E-state index contributed by atoms with van der Waals surface area (Å²) in [6.07, 6.45) is -0.298. The molecule has 0 fully saturated rings. The van der Waals surface area contributed by atoms with Crippen LogP contribution in [-0.4, -0.2) is 11.1 Å². The number of benzene rings is 1. The number of carbonyl (C=O) groups excluding carboxylic acids is 1. The van der Waals surface area contributed by atoms with Crippen LogP contribution in [0.4, 0.5) is 0 Å². The van der Waals surface area contributed by atoms with Crippen molar-refractivity contribution in [1.82, 2.24) is 0 Å². The maximum absolute atomic E-state index is 11.7. The predicted octanol–water partition coefficient (Wildman–Crippen LogP) is 2.83. The molecule has 1 N–H and O–H groups in total. The van der Waals surface area contributed by atoms with Crippen LogP contribution in [0.15, 0.2) is 24.3 Å². The molecule has 0 saturated carbocycles. The molecule has 1 unspecified atom stereocenters. The zero-order chi connectivity index (χ0) is 13.1. The predicted molar refractivity (Wildman–Crippen MR) is 66.3 cm³/mol. The molecule has 3 heteroatoms. The second kappa shape index (κ2) is 5.32. The van der Waals surface area contributed by atoms with Crippen molar-refractivity contribution in [3.63, 3.8) is 0 Å². The van der Waals surface area contributed by atoms with Gasteiger partial charge < -0.3 is 9.84 Å². The topological polar surface area (TPSA) is 46.5 Å². The van der Waals surface area contributed by atoms with Gasteiger partial charge in [-0.1, -0.05) is 18.2 Å². The van der Waals surface area contributed by atoms with Crippen LogP contribution < -0.4 is 0 Å². The molecule has 0 amide bonds. The van der Waals surface area contributed by atoms with Crippen LogP contribution in [0.1, 0.15) is 44.9 Å². The van der Waals surface area contributed by atoms with Gasteiger partial charge in [0.2, 0.25) is 0 Å². The quantitative estimate of drug-likeness (QED) is 0.821. The lowest BCUT2D eigenvalue weighted by molar-refractivity contribution is -0.158. The van der Waals surface area contributed by atoms with Crippen molar-refractivity contribution < 1.29 is 14.6 Å². The smallest absolute Gasteiger partial charge is 0.311 e. The van der Waals surface area contributed by atoms with Crippen LogP contribution in [0.5, 0.6) is 0 Å². The van der Waals surface area contributed by atoms with E-state index in [9.17, 15) is 4.79 Å². The first-order valence-corrected chi connectivity index (χ1v) is 5.75. The molecule has 0 spiro atoms. The minimum atomic E-state index is -0.497. The average Bonchev–Trinajstić information content (AvgIpc) is 2.27. The Kier molecular flexibility index (Phi) is 4.29. The Labute approximate surface area is 102 Å². The molecule has 0 heterocycles. The fourth-order valence-corrected chi connectivity index (χ4v) is 1.35. The molecular weight excluding hydrogens is 216 g/mol. The SMILES string of the molecule is CC(OC(=O)C(C)(C)C)c1cccc(CO)c1. The molecule has 0 radical (unpaired) electrons. The number of hydrogen-bond acceptors (Lipinski definition) is 3. The van der Waals surface area contributed by atoms with Crippen molar-refractivity contribution in [2.75, 3.05) is 0 Å². The van der Waals surface area contributed by atoms with Crippen LogP contribution in [0.2, 0.25) is 0 Å². The Bertz CT molecular complexity index is 391. The highest BCUT2D eigenvalue weighted by Crippen LogP contribution is 2.23. The third kappa shape index (κ3) is 3.86. The van der Waals surface area contributed by atoms with Gasteiger partial charge >= 0.3 is 5.97 Å². The summed E-state index contributed by atoms with van der Waals surface area (Å²) in [4.78, 5) is 11.7. The summed E-state index contributed by atoms with van der Waals surface area (Å²) in [7, 11) is 0. The molecule has 1 rings (SSSR count).